The summed E-state index contributed by atoms with van der Waals surface area (Å²) in [4.78, 5) is 4.90. The maximum atomic E-state index is 6.34. The second-order valence-electron chi connectivity index (χ2n) is 7.51. The number of para-hydroxylation sites is 1. The Morgan fingerprint density at radius 3 is 1.58 bits per heavy atom. The zero-order chi connectivity index (χ0) is 20.4. The highest BCUT2D eigenvalue weighted by Gasteiger charge is 2.46. The van der Waals surface area contributed by atoms with Crippen LogP contribution < -0.4 is 28.3 Å². The Labute approximate surface area is 189 Å². The van der Waals surface area contributed by atoms with E-state index in [2.05, 4.69) is 104 Å². The van der Waals surface area contributed by atoms with E-state index in [-0.39, 0.29) is 12.4 Å². The zero-order valence-corrected chi connectivity index (χ0v) is 18.9. The van der Waals surface area contributed by atoms with Crippen LogP contribution in [0, 0.1) is 6.92 Å². The summed E-state index contributed by atoms with van der Waals surface area (Å²) in [6.45, 7) is 2.07. The largest absolute Gasteiger partial charge is 1.00 e. The lowest BCUT2D eigenvalue weighted by molar-refractivity contribution is -0.00000659. The van der Waals surface area contributed by atoms with Gasteiger partial charge in [-0.05, 0) is 55.0 Å². The van der Waals surface area contributed by atoms with Crippen molar-refractivity contribution in [3.8, 4) is 0 Å². The van der Waals surface area contributed by atoms with E-state index in [0.717, 1.165) is 28.7 Å². The van der Waals surface area contributed by atoms with Gasteiger partial charge in [-0.15, -0.1) is 0 Å². The molecule has 0 unspecified atom stereocenters. The van der Waals surface area contributed by atoms with Gasteiger partial charge in [0.1, 0.15) is 34.9 Å². The molecule has 0 atom stereocenters. The van der Waals surface area contributed by atoms with Gasteiger partial charge in [0.2, 0.25) is 5.89 Å². The minimum absolute atomic E-state index is 0. The van der Waals surface area contributed by atoms with E-state index in [9.17, 15) is 0 Å². The Bertz CT molecular complexity index is 1170. The molecule has 0 bridgehead atoms. The van der Waals surface area contributed by atoms with Crippen LogP contribution in [-0.2, 0) is 6.16 Å². The van der Waals surface area contributed by atoms with Crippen LogP contribution in [0.25, 0.3) is 11.1 Å². The number of halogens is 1. The van der Waals surface area contributed by atoms with Crippen molar-refractivity contribution in [3.63, 3.8) is 0 Å². The number of hydrogen-bond acceptors (Lipinski definition) is 2. The molecule has 154 valence electrons. The summed E-state index contributed by atoms with van der Waals surface area (Å²) >= 11 is 0. The SMILES string of the molecule is Cc1cccc2nc(C[P+](c3ccccc3)(c3ccccc3)c3ccccc3)oc12.[Cl-]. The Balaban J connectivity index is 0.00000231. The number of nitrogens with zero attached hydrogens (tertiary/aromatic N) is 1. The summed E-state index contributed by atoms with van der Waals surface area (Å²) < 4.78 is 6.34. The van der Waals surface area contributed by atoms with Crippen molar-refractivity contribution in [2.45, 2.75) is 13.1 Å². The number of aromatic nitrogens is 1. The maximum absolute atomic E-state index is 6.34. The van der Waals surface area contributed by atoms with E-state index in [0.29, 0.717) is 0 Å². The van der Waals surface area contributed by atoms with Crippen LogP contribution in [0.5, 0.6) is 0 Å². The first-order chi connectivity index (χ1) is 14.8. The van der Waals surface area contributed by atoms with Crippen molar-refractivity contribution in [1.29, 1.82) is 0 Å². The summed E-state index contributed by atoms with van der Waals surface area (Å²) in [5.74, 6) is 0.796. The van der Waals surface area contributed by atoms with Crippen LogP contribution in [0.4, 0.5) is 0 Å². The lowest BCUT2D eigenvalue weighted by Gasteiger charge is -2.26. The van der Waals surface area contributed by atoms with Gasteiger partial charge in [-0.25, -0.2) is 4.98 Å². The van der Waals surface area contributed by atoms with Crippen LogP contribution in [0.3, 0.4) is 0 Å². The first-order valence-electron chi connectivity index (χ1n) is 10.2. The molecule has 1 aromatic heterocycles. The van der Waals surface area contributed by atoms with Gasteiger partial charge < -0.3 is 16.8 Å². The highest BCUT2D eigenvalue weighted by atomic mass is 35.5. The predicted molar refractivity (Wildman–Crippen MR) is 128 cm³/mol. The van der Waals surface area contributed by atoms with E-state index in [4.69, 9.17) is 9.40 Å². The molecule has 4 aromatic carbocycles. The fourth-order valence-electron chi connectivity index (χ4n) is 4.17. The molecule has 2 nitrogen and oxygen atoms in total. The number of benzene rings is 4. The standard InChI is InChI=1S/C27H23NOP.ClH/c1-21-12-11-19-25-27(21)29-26(28-25)20-30(22-13-5-2-6-14-22,23-15-7-3-8-16-23)24-17-9-4-10-18-24;/h2-19H,20H2,1H3;1H/q+1;/p-1. The Hall–Kier alpha value is -2.93. The van der Waals surface area contributed by atoms with E-state index in [1.54, 1.807) is 0 Å². The second kappa shape index (κ2) is 9.06. The normalized spacial score (nSPS) is 11.3. The third-order valence-corrected chi connectivity index (χ3v) is 9.90. The van der Waals surface area contributed by atoms with E-state index in [1.165, 1.54) is 15.9 Å². The number of fused-ring (bicyclic) bond motifs is 1. The molecule has 5 aromatic rings. The third kappa shape index (κ3) is 3.90. The summed E-state index contributed by atoms with van der Waals surface area (Å²) in [6, 6.07) is 38.7. The van der Waals surface area contributed by atoms with Gasteiger partial charge in [0, 0.05) is 0 Å². The summed E-state index contributed by atoms with van der Waals surface area (Å²) in [5.41, 5.74) is 2.94. The minimum atomic E-state index is -2.00. The average Bonchev–Trinajstić information content (AvgIpc) is 3.23. The summed E-state index contributed by atoms with van der Waals surface area (Å²) in [6.07, 6.45) is 0.749. The number of rotatable bonds is 5. The molecule has 1 heterocycles. The number of hydrogen-bond donors (Lipinski definition) is 0. The molecule has 31 heavy (non-hydrogen) atoms. The van der Waals surface area contributed by atoms with Crippen molar-refractivity contribution < 1.29 is 16.8 Å². The van der Waals surface area contributed by atoms with Crippen LogP contribution in [0.1, 0.15) is 11.5 Å². The Morgan fingerprint density at radius 1 is 0.645 bits per heavy atom. The second-order valence-corrected chi connectivity index (χ2v) is 11.0. The molecule has 0 saturated heterocycles. The van der Waals surface area contributed by atoms with Crippen molar-refractivity contribution in [2.75, 3.05) is 0 Å². The molecule has 0 spiro atoms. The van der Waals surface area contributed by atoms with Gasteiger partial charge in [-0.1, -0.05) is 66.7 Å². The lowest BCUT2D eigenvalue weighted by atomic mass is 10.2. The van der Waals surface area contributed by atoms with Gasteiger partial charge in [-0.2, -0.15) is 0 Å². The third-order valence-electron chi connectivity index (χ3n) is 5.62. The quantitative estimate of drug-likeness (QED) is 0.390. The summed E-state index contributed by atoms with van der Waals surface area (Å²) in [7, 11) is -2.00. The first kappa shape index (κ1) is 21.3. The van der Waals surface area contributed by atoms with Crippen molar-refractivity contribution in [1.82, 2.24) is 4.98 Å². The topological polar surface area (TPSA) is 26.0 Å². The fourth-order valence-corrected chi connectivity index (χ4v) is 8.20. The molecular weight excluding hydrogens is 421 g/mol. The molecule has 0 amide bonds. The molecule has 4 heteroatoms. The van der Waals surface area contributed by atoms with Crippen LogP contribution in [0.2, 0.25) is 0 Å². The van der Waals surface area contributed by atoms with E-state index < -0.39 is 7.26 Å². The number of oxazole rings is 1. The zero-order valence-electron chi connectivity index (χ0n) is 17.3. The summed E-state index contributed by atoms with van der Waals surface area (Å²) in [5, 5.41) is 4.00. The van der Waals surface area contributed by atoms with Crippen molar-refractivity contribution >= 4 is 34.3 Å². The molecule has 0 aliphatic carbocycles. The molecular formula is C27H23ClNOP. The predicted octanol–water partition coefficient (Wildman–Crippen LogP) is 2.63. The van der Waals surface area contributed by atoms with Gasteiger partial charge in [0.25, 0.3) is 0 Å². The van der Waals surface area contributed by atoms with Crippen LogP contribution in [0.15, 0.2) is 114 Å². The van der Waals surface area contributed by atoms with Crippen molar-refractivity contribution in [3.05, 3.63) is 121 Å². The molecule has 0 aliphatic heterocycles. The highest BCUT2D eigenvalue weighted by Crippen LogP contribution is 2.58. The fraction of sp³-hybridized carbons (Fsp3) is 0.0741. The van der Waals surface area contributed by atoms with E-state index >= 15 is 0 Å². The maximum Gasteiger partial charge on any atom is 0.234 e. The molecule has 0 saturated carbocycles. The molecule has 0 aliphatic rings. The minimum Gasteiger partial charge on any atom is -1.00 e. The van der Waals surface area contributed by atoms with Gasteiger partial charge in [0.15, 0.2) is 5.58 Å². The smallest absolute Gasteiger partial charge is 0.234 e. The highest BCUT2D eigenvalue weighted by molar-refractivity contribution is 7.95. The molecule has 0 radical (unpaired) electrons. The van der Waals surface area contributed by atoms with Gasteiger partial charge in [-0.3, -0.25) is 0 Å². The first-order valence-corrected chi connectivity index (χ1v) is 12.1. The molecule has 5 rings (SSSR count). The Morgan fingerprint density at radius 2 is 1.13 bits per heavy atom. The van der Waals surface area contributed by atoms with Crippen LogP contribution >= 0.6 is 7.26 Å². The van der Waals surface area contributed by atoms with Gasteiger partial charge >= 0.3 is 0 Å². The van der Waals surface area contributed by atoms with Gasteiger partial charge in [0.05, 0.1) is 0 Å². The molecule has 0 N–H and O–H groups in total. The van der Waals surface area contributed by atoms with Crippen molar-refractivity contribution in [2.24, 2.45) is 0 Å². The van der Waals surface area contributed by atoms with Crippen LogP contribution in [-0.4, -0.2) is 4.98 Å². The molecule has 0 fully saturated rings. The van der Waals surface area contributed by atoms with E-state index in [1.807, 2.05) is 12.1 Å². The Kier molecular flexibility index (Phi) is 6.23. The average molecular weight is 444 g/mol. The monoisotopic (exact) mass is 443 g/mol. The lowest BCUT2D eigenvalue weighted by Crippen LogP contribution is -3.00. The number of aryl methyl sites for hydroxylation is 1.